The second kappa shape index (κ2) is 20.4. The summed E-state index contributed by atoms with van der Waals surface area (Å²) in [5.74, 6) is 2.22. The highest BCUT2D eigenvalue weighted by Gasteiger charge is 2.30. The summed E-state index contributed by atoms with van der Waals surface area (Å²) >= 11 is 0. The molecule has 0 bridgehead atoms. The van der Waals surface area contributed by atoms with E-state index in [1.807, 2.05) is 0 Å². The predicted molar refractivity (Wildman–Crippen MR) is 150 cm³/mol. The molecule has 0 aromatic rings. The normalized spacial score (nSPS) is 23.8. The van der Waals surface area contributed by atoms with Gasteiger partial charge in [0, 0.05) is 18.8 Å². The predicted octanol–water partition coefficient (Wildman–Crippen LogP) is 8.12. The van der Waals surface area contributed by atoms with Crippen molar-refractivity contribution in [1.82, 2.24) is 0 Å². The van der Waals surface area contributed by atoms with Gasteiger partial charge >= 0.3 is 11.9 Å². The molecule has 2 rings (SSSR count). The Balaban J connectivity index is 1.39. The zero-order chi connectivity index (χ0) is 26.6. The van der Waals surface area contributed by atoms with Crippen molar-refractivity contribution >= 4 is 11.9 Å². The molecule has 212 valence electrons. The number of hydrogen-bond acceptors (Lipinski definition) is 5. The van der Waals surface area contributed by atoms with E-state index in [-0.39, 0.29) is 11.9 Å². The molecule has 2 aliphatic carbocycles. The molecule has 0 radical (unpaired) electrons. The van der Waals surface area contributed by atoms with Crippen LogP contribution >= 0.6 is 0 Å². The second-order valence-electron chi connectivity index (χ2n) is 11.3. The fourth-order valence-corrected chi connectivity index (χ4v) is 6.19. The first kappa shape index (κ1) is 31.6. The van der Waals surface area contributed by atoms with Gasteiger partial charge in [-0.15, -0.1) is 0 Å². The zero-order valence-corrected chi connectivity index (χ0v) is 23.5. The summed E-state index contributed by atoms with van der Waals surface area (Å²) in [6, 6.07) is 0. The van der Waals surface area contributed by atoms with Crippen LogP contribution in [0.25, 0.3) is 0 Å². The van der Waals surface area contributed by atoms with Gasteiger partial charge in [-0.25, -0.2) is 9.59 Å². The molecule has 0 aliphatic heterocycles. The molecule has 5 heteroatoms. The third kappa shape index (κ3) is 14.8. The van der Waals surface area contributed by atoms with Crippen LogP contribution < -0.4 is 0 Å². The Hall–Kier alpha value is -1.62. The van der Waals surface area contributed by atoms with Crippen LogP contribution in [0, 0.1) is 17.8 Å². The number of unbranched alkanes of at least 4 members (excludes halogenated alkanes) is 8. The molecule has 37 heavy (non-hydrogen) atoms. The van der Waals surface area contributed by atoms with E-state index in [4.69, 9.17) is 14.2 Å². The number of carbonyl (C=O) groups excluding carboxylic acids is 2. The molecule has 2 aliphatic rings. The highest BCUT2D eigenvalue weighted by molar-refractivity contribution is 5.81. The third-order valence-corrected chi connectivity index (χ3v) is 8.50. The zero-order valence-electron chi connectivity index (χ0n) is 23.5. The van der Waals surface area contributed by atoms with E-state index in [0.29, 0.717) is 19.3 Å². The Labute approximate surface area is 226 Å². The maximum absolute atomic E-state index is 11.0. The van der Waals surface area contributed by atoms with Crippen LogP contribution in [0.3, 0.4) is 0 Å². The lowest BCUT2D eigenvalue weighted by Gasteiger charge is -2.38. The molecular formula is C32H54O5. The van der Waals surface area contributed by atoms with Crippen molar-refractivity contribution in [1.29, 1.82) is 0 Å². The summed E-state index contributed by atoms with van der Waals surface area (Å²) < 4.78 is 16.2. The van der Waals surface area contributed by atoms with Gasteiger partial charge in [0.05, 0.1) is 19.3 Å². The maximum atomic E-state index is 11.0. The molecule has 5 nitrogen and oxygen atoms in total. The van der Waals surface area contributed by atoms with E-state index in [2.05, 4.69) is 13.2 Å². The number of rotatable bonds is 20. The summed E-state index contributed by atoms with van der Waals surface area (Å²) in [6.07, 6.45) is 27.0. The van der Waals surface area contributed by atoms with Gasteiger partial charge in [0.25, 0.3) is 0 Å². The second-order valence-corrected chi connectivity index (χ2v) is 11.3. The molecule has 0 amide bonds. The average Bonchev–Trinajstić information content (AvgIpc) is 2.93. The largest absolute Gasteiger partial charge is 0.463 e. The van der Waals surface area contributed by atoms with E-state index in [0.717, 1.165) is 56.5 Å². The lowest BCUT2D eigenvalue weighted by molar-refractivity contribution is -0.138. The van der Waals surface area contributed by atoms with E-state index >= 15 is 0 Å². The van der Waals surface area contributed by atoms with Gasteiger partial charge in [0.2, 0.25) is 0 Å². The molecule has 2 saturated carbocycles. The summed E-state index contributed by atoms with van der Waals surface area (Å²) in [6.45, 7) is 8.75. The quantitative estimate of drug-likeness (QED) is 0.0925. The highest BCUT2D eigenvalue weighted by Crippen LogP contribution is 2.41. The lowest BCUT2D eigenvalue weighted by atomic mass is 9.70. The standard InChI is InChI=1S/C32H54O5/c1-3-31(33)36-25-13-8-5-7-11-15-27-16-18-28(19-17-27)29-20-22-30(23-21-29)35-24-12-9-6-10-14-26-37-32(34)4-2/h3-4,27-30H,1-2,5-26H2. The molecule has 0 heterocycles. The van der Waals surface area contributed by atoms with Crippen LogP contribution in [-0.4, -0.2) is 37.9 Å². The third-order valence-electron chi connectivity index (χ3n) is 8.50. The van der Waals surface area contributed by atoms with Gasteiger partial charge in [-0.3, -0.25) is 0 Å². The van der Waals surface area contributed by atoms with Crippen LogP contribution in [0.2, 0.25) is 0 Å². The topological polar surface area (TPSA) is 61.8 Å². The minimum atomic E-state index is -0.322. The molecule has 0 N–H and O–H groups in total. The van der Waals surface area contributed by atoms with Crippen molar-refractivity contribution in [3.63, 3.8) is 0 Å². The Morgan fingerprint density at radius 1 is 0.568 bits per heavy atom. The van der Waals surface area contributed by atoms with Crippen molar-refractivity contribution in [2.24, 2.45) is 17.8 Å². The van der Waals surface area contributed by atoms with Crippen LogP contribution in [-0.2, 0) is 23.8 Å². The number of hydrogen-bond donors (Lipinski definition) is 0. The van der Waals surface area contributed by atoms with Gasteiger partial charge < -0.3 is 14.2 Å². The number of esters is 2. The average molecular weight is 519 g/mol. The first-order chi connectivity index (χ1) is 18.1. The van der Waals surface area contributed by atoms with E-state index in [1.165, 1.54) is 102 Å². The molecule has 0 aromatic carbocycles. The summed E-state index contributed by atoms with van der Waals surface area (Å²) in [4.78, 5) is 22.0. The van der Waals surface area contributed by atoms with Crippen LogP contribution in [0.15, 0.2) is 25.3 Å². The first-order valence-electron chi connectivity index (χ1n) is 15.3. The van der Waals surface area contributed by atoms with Crippen molar-refractivity contribution in [2.75, 3.05) is 19.8 Å². The van der Waals surface area contributed by atoms with Gasteiger partial charge in [-0.2, -0.15) is 0 Å². The Bertz CT molecular complexity index is 629. The minimum Gasteiger partial charge on any atom is -0.463 e. The van der Waals surface area contributed by atoms with Gasteiger partial charge in [-0.1, -0.05) is 77.4 Å². The smallest absolute Gasteiger partial charge is 0.330 e. The molecule has 0 spiro atoms. The van der Waals surface area contributed by atoms with Crippen molar-refractivity contribution in [2.45, 2.75) is 128 Å². The van der Waals surface area contributed by atoms with Crippen LogP contribution in [0.4, 0.5) is 0 Å². The van der Waals surface area contributed by atoms with Crippen molar-refractivity contribution in [3.05, 3.63) is 25.3 Å². The summed E-state index contributed by atoms with van der Waals surface area (Å²) in [5, 5.41) is 0. The van der Waals surface area contributed by atoms with E-state index in [1.54, 1.807) is 0 Å². The molecule has 0 saturated heterocycles. The maximum Gasteiger partial charge on any atom is 0.330 e. The summed E-state index contributed by atoms with van der Waals surface area (Å²) in [5.41, 5.74) is 0. The Morgan fingerprint density at radius 2 is 1.00 bits per heavy atom. The van der Waals surface area contributed by atoms with Gasteiger partial charge in [0.15, 0.2) is 0 Å². The molecule has 2 fully saturated rings. The Kier molecular flexibility index (Phi) is 17.4. The van der Waals surface area contributed by atoms with Gasteiger partial charge in [0.1, 0.15) is 0 Å². The Morgan fingerprint density at radius 3 is 1.51 bits per heavy atom. The van der Waals surface area contributed by atoms with E-state index < -0.39 is 0 Å². The van der Waals surface area contributed by atoms with Crippen molar-refractivity contribution in [3.8, 4) is 0 Å². The fourth-order valence-electron chi connectivity index (χ4n) is 6.19. The van der Waals surface area contributed by atoms with E-state index in [9.17, 15) is 9.59 Å². The minimum absolute atomic E-state index is 0.307. The fraction of sp³-hybridized carbons (Fsp3) is 0.812. The van der Waals surface area contributed by atoms with Crippen LogP contribution in [0.5, 0.6) is 0 Å². The first-order valence-corrected chi connectivity index (χ1v) is 15.3. The summed E-state index contributed by atoms with van der Waals surface area (Å²) in [7, 11) is 0. The molecule has 0 atom stereocenters. The lowest BCUT2D eigenvalue weighted by Crippen LogP contribution is -2.28. The van der Waals surface area contributed by atoms with Crippen molar-refractivity contribution < 1.29 is 23.8 Å². The van der Waals surface area contributed by atoms with Crippen LogP contribution in [0.1, 0.15) is 122 Å². The number of ether oxygens (including phenoxy) is 3. The highest BCUT2D eigenvalue weighted by atomic mass is 16.5. The van der Waals surface area contributed by atoms with Gasteiger partial charge in [-0.05, 0) is 75.5 Å². The number of carbonyl (C=O) groups is 2. The molecular weight excluding hydrogens is 464 g/mol. The molecule has 0 unspecified atom stereocenters. The monoisotopic (exact) mass is 518 g/mol. The molecule has 0 aromatic heterocycles. The SMILES string of the molecule is C=CC(=O)OCCCCCCCOC1CCC(C2CCC(CCCCCCCOC(=O)C=C)CC2)CC1.